The van der Waals surface area contributed by atoms with Gasteiger partial charge in [0.2, 0.25) is 5.91 Å². The van der Waals surface area contributed by atoms with E-state index >= 15 is 0 Å². The molecule has 7 heteroatoms. The second kappa shape index (κ2) is 5.94. The van der Waals surface area contributed by atoms with E-state index in [1.807, 2.05) is 35.0 Å². The lowest BCUT2D eigenvalue weighted by Gasteiger charge is -2.12. The average Bonchev–Trinajstić information content (AvgIpc) is 3.18. The van der Waals surface area contributed by atoms with Gasteiger partial charge in [0.15, 0.2) is 5.58 Å². The van der Waals surface area contributed by atoms with E-state index in [1.54, 1.807) is 31.2 Å². The minimum Gasteiger partial charge on any atom is -0.408 e. The van der Waals surface area contributed by atoms with Crippen LogP contribution in [0, 0.1) is 0 Å². The van der Waals surface area contributed by atoms with E-state index in [9.17, 15) is 9.59 Å². The number of rotatable bonds is 4. The summed E-state index contributed by atoms with van der Waals surface area (Å²) in [5.74, 6) is -0.817. The summed E-state index contributed by atoms with van der Waals surface area (Å²) in [6, 6.07) is 12.1. The first-order chi connectivity index (χ1) is 12.1. The van der Waals surface area contributed by atoms with Gasteiger partial charge in [-0.3, -0.25) is 9.36 Å². The van der Waals surface area contributed by atoms with Crippen molar-refractivity contribution in [2.45, 2.75) is 19.5 Å². The van der Waals surface area contributed by atoms with Gasteiger partial charge in [-0.25, -0.2) is 9.78 Å². The molecule has 0 spiro atoms. The third-order valence-corrected chi connectivity index (χ3v) is 4.14. The van der Waals surface area contributed by atoms with Gasteiger partial charge in [-0.15, -0.1) is 0 Å². The number of amides is 1. The van der Waals surface area contributed by atoms with E-state index in [2.05, 4.69) is 10.3 Å². The van der Waals surface area contributed by atoms with Crippen LogP contribution in [-0.4, -0.2) is 19.9 Å². The average molecular weight is 336 g/mol. The van der Waals surface area contributed by atoms with Crippen LogP contribution < -0.4 is 11.1 Å². The van der Waals surface area contributed by atoms with E-state index in [0.717, 1.165) is 11.3 Å². The fraction of sp³-hybridized carbons (Fsp3) is 0.167. The third-order valence-electron chi connectivity index (χ3n) is 4.14. The summed E-state index contributed by atoms with van der Waals surface area (Å²) in [4.78, 5) is 29.0. The van der Waals surface area contributed by atoms with Crippen LogP contribution in [0.4, 0.5) is 0 Å². The molecule has 0 saturated heterocycles. The van der Waals surface area contributed by atoms with Crippen LogP contribution in [0.2, 0.25) is 0 Å². The van der Waals surface area contributed by atoms with Crippen molar-refractivity contribution >= 4 is 22.7 Å². The molecule has 7 nitrogen and oxygen atoms in total. The number of nitrogens with zero attached hydrogens (tertiary/aromatic N) is 3. The molecule has 1 atom stereocenters. The zero-order chi connectivity index (χ0) is 17.4. The van der Waals surface area contributed by atoms with Crippen molar-refractivity contribution in [2.24, 2.45) is 0 Å². The van der Waals surface area contributed by atoms with Gasteiger partial charge in [-0.1, -0.05) is 18.2 Å². The standard InChI is InChI=1S/C18H16N4O3/c1-12(22-14-6-2-3-7-15(14)25-18(22)24)17(23)19-10-13-11-21-9-5-4-8-16(21)20-13/h2-9,11-12H,10H2,1H3,(H,19,23)/t12-/m1/s1. The van der Waals surface area contributed by atoms with Crippen LogP contribution in [0.3, 0.4) is 0 Å². The lowest BCUT2D eigenvalue weighted by Crippen LogP contribution is -2.34. The Kier molecular flexibility index (Phi) is 3.61. The number of fused-ring (bicyclic) bond motifs is 2. The van der Waals surface area contributed by atoms with Gasteiger partial charge >= 0.3 is 5.76 Å². The molecule has 0 aliphatic heterocycles. The maximum Gasteiger partial charge on any atom is 0.420 e. The number of carbonyl (C=O) groups excluding carboxylic acids is 1. The summed E-state index contributed by atoms with van der Waals surface area (Å²) in [6.45, 7) is 1.96. The fourth-order valence-electron chi connectivity index (χ4n) is 2.87. The minimum absolute atomic E-state index is 0.272. The number of para-hydroxylation sites is 2. The smallest absolute Gasteiger partial charge is 0.408 e. The Labute approximate surface area is 142 Å². The monoisotopic (exact) mass is 336 g/mol. The Hall–Kier alpha value is -3.35. The van der Waals surface area contributed by atoms with E-state index in [0.29, 0.717) is 11.1 Å². The van der Waals surface area contributed by atoms with Crippen molar-refractivity contribution in [3.8, 4) is 0 Å². The predicted molar refractivity (Wildman–Crippen MR) is 92.2 cm³/mol. The second-order valence-corrected chi connectivity index (χ2v) is 5.80. The number of carbonyl (C=O) groups is 1. The lowest BCUT2D eigenvalue weighted by atomic mass is 10.2. The number of hydrogen-bond donors (Lipinski definition) is 1. The molecule has 1 aromatic carbocycles. The van der Waals surface area contributed by atoms with Crippen LogP contribution in [0.25, 0.3) is 16.7 Å². The van der Waals surface area contributed by atoms with Gasteiger partial charge < -0.3 is 14.1 Å². The van der Waals surface area contributed by atoms with Crippen LogP contribution in [0.1, 0.15) is 18.7 Å². The van der Waals surface area contributed by atoms with Crippen LogP contribution in [-0.2, 0) is 11.3 Å². The largest absolute Gasteiger partial charge is 0.420 e. The highest BCUT2D eigenvalue weighted by Crippen LogP contribution is 2.16. The number of hydrogen-bond acceptors (Lipinski definition) is 4. The van der Waals surface area contributed by atoms with Crippen LogP contribution in [0.5, 0.6) is 0 Å². The van der Waals surface area contributed by atoms with Crippen molar-refractivity contribution in [3.63, 3.8) is 0 Å². The summed E-state index contributed by atoms with van der Waals surface area (Å²) in [6.07, 6.45) is 3.76. The van der Waals surface area contributed by atoms with Crippen molar-refractivity contribution in [1.29, 1.82) is 0 Å². The molecule has 0 unspecified atom stereocenters. The first kappa shape index (κ1) is 15.2. The SMILES string of the molecule is C[C@H](C(=O)NCc1cn2ccccc2n1)n1c(=O)oc2ccccc21. The van der Waals surface area contributed by atoms with Crippen LogP contribution in [0.15, 0.2) is 64.1 Å². The molecule has 1 amide bonds. The van der Waals surface area contributed by atoms with Gasteiger partial charge in [-0.05, 0) is 31.2 Å². The minimum atomic E-state index is -0.687. The topological polar surface area (TPSA) is 81.5 Å². The van der Waals surface area contributed by atoms with E-state index in [4.69, 9.17) is 4.42 Å². The molecule has 0 radical (unpaired) electrons. The lowest BCUT2D eigenvalue weighted by molar-refractivity contribution is -0.124. The quantitative estimate of drug-likeness (QED) is 0.619. The highest BCUT2D eigenvalue weighted by atomic mass is 16.4. The third kappa shape index (κ3) is 2.69. The van der Waals surface area contributed by atoms with Gasteiger partial charge in [0.25, 0.3) is 0 Å². The van der Waals surface area contributed by atoms with Gasteiger partial charge in [0.1, 0.15) is 11.7 Å². The molecule has 0 bridgehead atoms. The Balaban J connectivity index is 1.54. The van der Waals surface area contributed by atoms with Crippen molar-refractivity contribution < 1.29 is 9.21 Å². The Morgan fingerprint density at radius 2 is 2.04 bits per heavy atom. The maximum absolute atomic E-state index is 12.5. The zero-order valence-electron chi connectivity index (χ0n) is 13.5. The summed E-state index contributed by atoms with van der Waals surface area (Å²) < 4.78 is 8.43. The Morgan fingerprint density at radius 3 is 2.88 bits per heavy atom. The molecule has 3 aromatic heterocycles. The number of nitrogens with one attached hydrogen (secondary N) is 1. The Bertz CT molecular complexity index is 1090. The number of oxazole rings is 1. The van der Waals surface area contributed by atoms with Crippen molar-refractivity contribution in [3.05, 3.63) is 71.1 Å². The maximum atomic E-state index is 12.5. The number of pyridine rings is 1. The molecule has 4 aromatic rings. The number of imidazole rings is 1. The zero-order valence-corrected chi connectivity index (χ0v) is 13.5. The van der Waals surface area contributed by atoms with Gasteiger partial charge in [0, 0.05) is 12.4 Å². The molecule has 0 aliphatic rings. The highest BCUT2D eigenvalue weighted by Gasteiger charge is 2.21. The molecular weight excluding hydrogens is 320 g/mol. The molecule has 0 fully saturated rings. The molecule has 4 rings (SSSR count). The van der Waals surface area contributed by atoms with E-state index < -0.39 is 11.8 Å². The first-order valence-electron chi connectivity index (χ1n) is 7.94. The second-order valence-electron chi connectivity index (χ2n) is 5.80. The highest BCUT2D eigenvalue weighted by molar-refractivity contribution is 5.82. The van der Waals surface area contributed by atoms with Gasteiger partial charge in [-0.2, -0.15) is 0 Å². The molecule has 25 heavy (non-hydrogen) atoms. The Morgan fingerprint density at radius 1 is 1.24 bits per heavy atom. The summed E-state index contributed by atoms with van der Waals surface area (Å²) >= 11 is 0. The summed E-state index contributed by atoms with van der Waals surface area (Å²) in [5.41, 5.74) is 2.63. The first-order valence-corrected chi connectivity index (χ1v) is 7.94. The molecule has 0 saturated carbocycles. The molecule has 1 N–H and O–H groups in total. The molecule has 3 heterocycles. The molecule has 0 aliphatic carbocycles. The van der Waals surface area contributed by atoms with Gasteiger partial charge in [0.05, 0.1) is 17.8 Å². The molecule has 126 valence electrons. The molecular formula is C18H16N4O3. The number of benzene rings is 1. The van der Waals surface area contributed by atoms with E-state index in [-0.39, 0.29) is 12.5 Å². The van der Waals surface area contributed by atoms with Crippen molar-refractivity contribution in [2.75, 3.05) is 0 Å². The predicted octanol–water partition coefficient (Wildman–Crippen LogP) is 2.12. The fourth-order valence-corrected chi connectivity index (χ4v) is 2.87. The summed E-state index contributed by atoms with van der Waals surface area (Å²) in [5, 5.41) is 2.82. The van der Waals surface area contributed by atoms with Crippen molar-refractivity contribution in [1.82, 2.24) is 19.3 Å². The normalized spacial score (nSPS) is 12.5. The number of aromatic nitrogens is 3. The van der Waals surface area contributed by atoms with E-state index in [1.165, 1.54) is 4.57 Å². The van der Waals surface area contributed by atoms with Crippen LogP contribution >= 0.6 is 0 Å². The summed E-state index contributed by atoms with van der Waals surface area (Å²) in [7, 11) is 0.